The van der Waals surface area contributed by atoms with Crippen LogP contribution < -0.4 is 14.9 Å². The van der Waals surface area contributed by atoms with E-state index < -0.39 is 0 Å². The van der Waals surface area contributed by atoms with E-state index in [1.54, 1.807) is 36.4 Å². The van der Waals surface area contributed by atoms with E-state index in [0.29, 0.717) is 24.7 Å². The molecule has 57 heavy (non-hydrogen) atoms. The molecule has 2 aliphatic heterocycles. The highest BCUT2D eigenvalue weighted by atomic mass is 16.5. The van der Waals surface area contributed by atoms with Crippen molar-refractivity contribution in [3.63, 3.8) is 0 Å². The molecule has 0 fully saturated rings. The molecule has 0 aliphatic carbocycles. The van der Waals surface area contributed by atoms with Crippen molar-refractivity contribution in [3.05, 3.63) is 171 Å². The van der Waals surface area contributed by atoms with Crippen LogP contribution in [0.5, 0.6) is 40.2 Å². The zero-order valence-corrected chi connectivity index (χ0v) is 30.8. The number of hydrogen-bond acceptors (Lipinski definition) is 9. The second-order valence-corrected chi connectivity index (χ2v) is 13.8. The molecular weight excluding hydrogens is 721 g/mol. The Hall–Kier alpha value is -7.13. The third-order valence-corrected chi connectivity index (χ3v) is 9.66. The largest absolute Gasteiger partial charge is 0.508 e. The second-order valence-electron chi connectivity index (χ2n) is 13.8. The molecule has 1 unspecified atom stereocenters. The molecule has 0 spiro atoms. The number of aromatic hydroxyl groups is 5. The molecule has 0 radical (unpaired) electrons. The zero-order valence-electron chi connectivity index (χ0n) is 30.8. The van der Waals surface area contributed by atoms with E-state index in [0.717, 1.165) is 57.4 Å². The van der Waals surface area contributed by atoms with Crippen LogP contribution in [0.15, 0.2) is 137 Å². The number of phenolic OH excluding ortho intramolecular Hbond substituents is 5. The van der Waals surface area contributed by atoms with Crippen LogP contribution in [0.4, 0.5) is 0 Å². The van der Waals surface area contributed by atoms with Crippen molar-refractivity contribution in [1.29, 1.82) is 0 Å². The van der Waals surface area contributed by atoms with Crippen LogP contribution >= 0.6 is 0 Å². The first-order valence-corrected chi connectivity index (χ1v) is 18.0. The van der Waals surface area contributed by atoms with Crippen molar-refractivity contribution in [2.24, 2.45) is 0 Å². The number of rotatable bonds is 3. The summed E-state index contributed by atoms with van der Waals surface area (Å²) >= 11 is 0. The van der Waals surface area contributed by atoms with Gasteiger partial charge in [0.15, 0.2) is 0 Å². The summed E-state index contributed by atoms with van der Waals surface area (Å²) in [5.41, 5.74) is 8.88. The fraction of sp³-hybridized carbons (Fsp3) is 0.146. The van der Waals surface area contributed by atoms with Gasteiger partial charge in [0.2, 0.25) is 5.43 Å². The Morgan fingerprint density at radius 2 is 1.23 bits per heavy atom. The lowest BCUT2D eigenvalue weighted by atomic mass is 9.90. The summed E-state index contributed by atoms with van der Waals surface area (Å²) < 4.78 is 16.7. The van der Waals surface area contributed by atoms with E-state index in [-0.39, 0.29) is 52.6 Å². The Kier molecular flexibility index (Phi) is 11.9. The molecule has 9 rings (SSSR count). The monoisotopic (exact) mass is 764 g/mol. The van der Waals surface area contributed by atoms with Gasteiger partial charge < -0.3 is 39.4 Å². The number of phenols is 5. The van der Waals surface area contributed by atoms with Gasteiger partial charge in [0.25, 0.3) is 0 Å². The highest BCUT2D eigenvalue weighted by Gasteiger charge is 2.22. The van der Waals surface area contributed by atoms with Crippen molar-refractivity contribution >= 4 is 22.6 Å². The number of benzene rings is 6. The van der Waals surface area contributed by atoms with Gasteiger partial charge in [-0.25, -0.2) is 0 Å². The number of ether oxygens (including phenoxy) is 2. The molecular formula is C48H44O9. The van der Waals surface area contributed by atoms with Crippen LogP contribution in [-0.4, -0.2) is 38.7 Å². The van der Waals surface area contributed by atoms with Gasteiger partial charge in [-0.05, 0) is 84.5 Å². The third kappa shape index (κ3) is 9.23. The minimum atomic E-state index is -0.326. The van der Waals surface area contributed by atoms with Crippen LogP contribution in [-0.2, 0) is 6.42 Å². The van der Waals surface area contributed by atoms with E-state index in [2.05, 4.69) is 37.3 Å². The molecule has 290 valence electrons. The van der Waals surface area contributed by atoms with Gasteiger partial charge >= 0.3 is 0 Å². The lowest BCUT2D eigenvalue weighted by Crippen LogP contribution is -2.18. The summed E-state index contributed by atoms with van der Waals surface area (Å²) in [5, 5.41) is 47.4. The molecule has 6 aromatic carbocycles. The summed E-state index contributed by atoms with van der Waals surface area (Å²) in [6.07, 6.45) is 4.34. The van der Waals surface area contributed by atoms with E-state index in [4.69, 9.17) is 13.9 Å². The first kappa shape index (κ1) is 39.6. The van der Waals surface area contributed by atoms with Gasteiger partial charge in [-0.3, -0.25) is 4.79 Å². The van der Waals surface area contributed by atoms with Gasteiger partial charge in [-0.2, -0.15) is 0 Å². The van der Waals surface area contributed by atoms with E-state index in [1.165, 1.54) is 23.5 Å². The predicted molar refractivity (Wildman–Crippen MR) is 224 cm³/mol. The zero-order chi connectivity index (χ0) is 39.3. The molecule has 9 heteroatoms. The normalized spacial score (nSPS) is 13.7. The van der Waals surface area contributed by atoms with E-state index in [9.17, 15) is 30.3 Å². The molecule has 0 amide bonds. The molecule has 5 N–H and O–H groups in total. The summed E-state index contributed by atoms with van der Waals surface area (Å²) in [6.45, 7) is 5.18. The van der Waals surface area contributed by atoms with Crippen LogP contribution in [0.2, 0.25) is 0 Å². The van der Waals surface area contributed by atoms with Gasteiger partial charge in [-0.15, -0.1) is 0 Å². The van der Waals surface area contributed by atoms with Crippen LogP contribution in [0.1, 0.15) is 46.7 Å². The van der Waals surface area contributed by atoms with Crippen molar-refractivity contribution in [2.75, 3.05) is 13.2 Å². The number of aryl methyl sites for hydroxylation is 2. The maximum atomic E-state index is 12.4. The minimum Gasteiger partial charge on any atom is -0.508 e. The molecule has 9 nitrogen and oxygen atoms in total. The molecule has 1 atom stereocenters. The molecule has 3 heterocycles. The lowest BCUT2D eigenvalue weighted by Gasteiger charge is -2.25. The topological polar surface area (TPSA) is 150 Å². The summed E-state index contributed by atoms with van der Waals surface area (Å²) in [5.74, 6) is 2.11. The highest BCUT2D eigenvalue weighted by Crippen LogP contribution is 2.36. The Morgan fingerprint density at radius 1 is 0.614 bits per heavy atom. The standard InChI is InChI=1S/C16H12O4.C16H14O2.C15H14O3.CH4/c1-9-2-4-10(5-3-9)12-8-20-14-7-11(17)6-13(18)15(14)16(12)19;1-11-2-4-12(5-3-11)14-8-13-6-7-15(17)9-16(13)18-10-14;16-13-4-1-10(2-5-13)12-7-11-3-6-14(17)8-15(11)18-9-12;/h2-8,17-18H,1H3;2-9,17H,10H2,1H3;1-6,8,12,16-17H,7,9H2;1H4. The van der Waals surface area contributed by atoms with Gasteiger partial charge in [-0.1, -0.05) is 85.3 Å². The maximum absolute atomic E-state index is 12.4. The minimum absolute atomic E-state index is 0. The Bertz CT molecular complexity index is 2590. The molecule has 0 saturated heterocycles. The van der Waals surface area contributed by atoms with Gasteiger partial charge in [0.1, 0.15) is 64.1 Å². The first-order chi connectivity index (χ1) is 27.0. The van der Waals surface area contributed by atoms with Crippen molar-refractivity contribution in [3.8, 4) is 51.4 Å². The number of fused-ring (bicyclic) bond motifs is 3. The van der Waals surface area contributed by atoms with E-state index in [1.807, 2.05) is 55.5 Å². The molecule has 1 aromatic heterocycles. The average Bonchev–Trinajstić information content (AvgIpc) is 3.19. The van der Waals surface area contributed by atoms with Gasteiger partial charge in [0.05, 0.1) is 12.2 Å². The van der Waals surface area contributed by atoms with Crippen LogP contribution in [0, 0.1) is 13.8 Å². The molecule has 7 aromatic rings. The molecule has 0 bridgehead atoms. The second kappa shape index (κ2) is 17.1. The average molecular weight is 765 g/mol. The molecule has 0 saturated carbocycles. The third-order valence-electron chi connectivity index (χ3n) is 9.66. The van der Waals surface area contributed by atoms with Crippen molar-refractivity contribution in [2.45, 2.75) is 33.6 Å². The highest BCUT2D eigenvalue weighted by molar-refractivity contribution is 5.88. The van der Waals surface area contributed by atoms with Crippen molar-refractivity contribution < 1.29 is 39.4 Å². The summed E-state index contributed by atoms with van der Waals surface area (Å²) in [6, 6.07) is 36.0. The van der Waals surface area contributed by atoms with Crippen LogP contribution in [0.3, 0.4) is 0 Å². The summed E-state index contributed by atoms with van der Waals surface area (Å²) in [4.78, 5) is 12.4. The smallest absolute Gasteiger partial charge is 0.204 e. The lowest BCUT2D eigenvalue weighted by molar-refractivity contribution is 0.261. The van der Waals surface area contributed by atoms with Gasteiger partial charge in [0, 0.05) is 35.7 Å². The SMILES string of the molecule is C.Cc1ccc(-c2coc3cc(O)cc(O)c3c2=O)cc1.Cc1ccc(C2=Cc3ccc(O)cc3OC2)cc1.Oc1ccc(C2COc3cc(O)ccc3C2)cc1. The maximum Gasteiger partial charge on any atom is 0.204 e. The fourth-order valence-corrected chi connectivity index (χ4v) is 6.56. The predicted octanol–water partition coefficient (Wildman–Crippen LogP) is 10.3. The quantitative estimate of drug-likeness (QED) is 0.118. The fourth-order valence-electron chi connectivity index (χ4n) is 6.56. The Labute approximate surface area is 330 Å². The first-order valence-electron chi connectivity index (χ1n) is 18.0. The van der Waals surface area contributed by atoms with E-state index >= 15 is 0 Å². The van der Waals surface area contributed by atoms with Crippen molar-refractivity contribution in [1.82, 2.24) is 0 Å². The molecule has 2 aliphatic rings. The number of hydrogen-bond donors (Lipinski definition) is 5. The van der Waals surface area contributed by atoms with Crippen LogP contribution in [0.25, 0.3) is 33.7 Å². The Balaban J connectivity index is 0.000000144. The Morgan fingerprint density at radius 3 is 1.91 bits per heavy atom. The summed E-state index contributed by atoms with van der Waals surface area (Å²) in [7, 11) is 0.